The molecular weight excluding hydrogens is 368 g/mol. The second kappa shape index (κ2) is 7.21. The van der Waals surface area contributed by atoms with Crippen LogP contribution in [0.25, 0.3) is 10.9 Å². The summed E-state index contributed by atoms with van der Waals surface area (Å²) >= 11 is 12.0. The molecule has 0 aliphatic carbocycles. The Hall–Kier alpha value is -2.44. The molecule has 0 spiro atoms. The Morgan fingerprint density at radius 1 is 1.20 bits per heavy atom. The van der Waals surface area contributed by atoms with Crippen molar-refractivity contribution in [3.05, 3.63) is 68.9 Å². The van der Waals surface area contributed by atoms with Crippen molar-refractivity contribution in [1.29, 1.82) is 0 Å². The number of amides is 1. The van der Waals surface area contributed by atoms with E-state index in [0.29, 0.717) is 26.6 Å². The number of benzene rings is 2. The Balaban J connectivity index is 1.75. The predicted molar refractivity (Wildman–Crippen MR) is 95.7 cm³/mol. The highest BCUT2D eigenvalue weighted by Gasteiger charge is 2.10. The molecule has 0 saturated carbocycles. The maximum Gasteiger partial charge on any atom is 0.261 e. The van der Waals surface area contributed by atoms with Crippen molar-refractivity contribution < 1.29 is 9.18 Å². The smallest absolute Gasteiger partial charge is 0.261 e. The fourth-order valence-corrected chi connectivity index (χ4v) is 2.87. The van der Waals surface area contributed by atoms with Crippen molar-refractivity contribution in [3.8, 4) is 0 Å². The Morgan fingerprint density at radius 3 is 2.64 bits per heavy atom. The summed E-state index contributed by atoms with van der Waals surface area (Å²) in [6.07, 6.45) is 1.40. The SMILES string of the molecule is O=C(CCn1cnc2c(Cl)cc(Cl)cc2c1=O)Nc1ccc(F)cc1. The van der Waals surface area contributed by atoms with Crippen LogP contribution in [0.4, 0.5) is 10.1 Å². The van der Waals surface area contributed by atoms with E-state index in [-0.39, 0.29) is 30.2 Å². The van der Waals surface area contributed by atoms with Gasteiger partial charge in [0, 0.05) is 23.7 Å². The number of anilines is 1. The third kappa shape index (κ3) is 3.97. The Bertz CT molecular complexity index is 1000. The van der Waals surface area contributed by atoms with Gasteiger partial charge < -0.3 is 5.32 Å². The normalized spacial score (nSPS) is 10.8. The highest BCUT2D eigenvalue weighted by atomic mass is 35.5. The molecule has 25 heavy (non-hydrogen) atoms. The van der Waals surface area contributed by atoms with Gasteiger partial charge in [-0.2, -0.15) is 0 Å². The molecule has 0 fully saturated rings. The second-order valence-corrected chi connectivity index (χ2v) is 6.18. The molecule has 0 aliphatic rings. The molecule has 3 aromatic rings. The lowest BCUT2D eigenvalue weighted by Crippen LogP contribution is -2.23. The van der Waals surface area contributed by atoms with Crippen LogP contribution >= 0.6 is 23.2 Å². The third-order valence-electron chi connectivity index (χ3n) is 3.55. The molecular formula is C17H12Cl2FN3O2. The summed E-state index contributed by atoms with van der Waals surface area (Å²) < 4.78 is 14.2. The zero-order chi connectivity index (χ0) is 18.0. The summed E-state index contributed by atoms with van der Waals surface area (Å²) in [5, 5.41) is 3.55. The Labute approximate surface area is 152 Å². The minimum Gasteiger partial charge on any atom is -0.326 e. The molecule has 0 saturated heterocycles. The van der Waals surface area contributed by atoms with Gasteiger partial charge in [0.05, 0.1) is 22.3 Å². The van der Waals surface area contributed by atoms with Crippen LogP contribution in [0.2, 0.25) is 10.0 Å². The summed E-state index contributed by atoms with van der Waals surface area (Å²) in [4.78, 5) is 28.6. The second-order valence-electron chi connectivity index (χ2n) is 5.33. The van der Waals surface area contributed by atoms with Crippen LogP contribution in [0.1, 0.15) is 6.42 Å². The van der Waals surface area contributed by atoms with Gasteiger partial charge in [-0.25, -0.2) is 9.37 Å². The van der Waals surface area contributed by atoms with Gasteiger partial charge in [0.15, 0.2) is 0 Å². The van der Waals surface area contributed by atoms with Crippen molar-refractivity contribution in [1.82, 2.24) is 9.55 Å². The number of fused-ring (bicyclic) bond motifs is 1. The van der Waals surface area contributed by atoms with E-state index in [1.807, 2.05) is 0 Å². The lowest BCUT2D eigenvalue weighted by Gasteiger charge is -2.08. The molecule has 5 nitrogen and oxygen atoms in total. The van der Waals surface area contributed by atoms with Crippen molar-refractivity contribution in [2.75, 3.05) is 5.32 Å². The maximum absolute atomic E-state index is 12.8. The number of halogens is 3. The third-order valence-corrected chi connectivity index (χ3v) is 4.06. The minimum atomic E-state index is -0.385. The summed E-state index contributed by atoms with van der Waals surface area (Å²) in [6, 6.07) is 8.43. The van der Waals surface area contributed by atoms with Gasteiger partial charge in [0.2, 0.25) is 5.91 Å². The molecule has 0 unspecified atom stereocenters. The molecule has 0 bridgehead atoms. The lowest BCUT2D eigenvalue weighted by molar-refractivity contribution is -0.116. The zero-order valence-corrected chi connectivity index (χ0v) is 14.3. The number of aryl methyl sites for hydroxylation is 1. The van der Waals surface area contributed by atoms with Gasteiger partial charge in [-0.05, 0) is 36.4 Å². The van der Waals surface area contributed by atoms with E-state index in [1.165, 1.54) is 47.3 Å². The first-order chi connectivity index (χ1) is 11.9. The molecule has 128 valence electrons. The number of aromatic nitrogens is 2. The largest absolute Gasteiger partial charge is 0.326 e. The van der Waals surface area contributed by atoms with E-state index in [2.05, 4.69) is 10.3 Å². The molecule has 1 N–H and O–H groups in total. The number of nitrogens with one attached hydrogen (secondary N) is 1. The molecule has 0 aliphatic heterocycles. The number of carbonyl (C=O) groups is 1. The minimum absolute atomic E-state index is 0.0543. The summed E-state index contributed by atoms with van der Waals surface area (Å²) in [7, 11) is 0. The highest BCUT2D eigenvalue weighted by molar-refractivity contribution is 6.38. The van der Waals surface area contributed by atoms with Crippen molar-refractivity contribution in [2.45, 2.75) is 13.0 Å². The average Bonchev–Trinajstić information content (AvgIpc) is 2.57. The van der Waals surface area contributed by atoms with Gasteiger partial charge in [-0.3, -0.25) is 14.2 Å². The summed E-state index contributed by atoms with van der Waals surface area (Å²) in [5.74, 6) is -0.688. The van der Waals surface area contributed by atoms with Gasteiger partial charge in [-0.15, -0.1) is 0 Å². The van der Waals surface area contributed by atoms with Crippen LogP contribution < -0.4 is 10.9 Å². The van der Waals surface area contributed by atoms with Crippen LogP contribution in [0.3, 0.4) is 0 Å². The number of rotatable bonds is 4. The van der Waals surface area contributed by atoms with E-state index in [0.717, 1.165) is 0 Å². The fraction of sp³-hybridized carbons (Fsp3) is 0.118. The van der Waals surface area contributed by atoms with Gasteiger partial charge in [-0.1, -0.05) is 23.2 Å². The maximum atomic E-state index is 12.8. The number of carbonyl (C=O) groups excluding carboxylic acids is 1. The van der Waals surface area contributed by atoms with Crippen LogP contribution in [-0.4, -0.2) is 15.5 Å². The molecule has 1 amide bonds. The first-order valence-electron chi connectivity index (χ1n) is 7.33. The lowest BCUT2D eigenvalue weighted by atomic mass is 10.2. The standard InChI is InChI=1S/C17H12Cl2FN3O2/c18-10-7-13-16(14(19)8-10)21-9-23(17(13)25)6-5-15(24)22-12-3-1-11(20)2-4-12/h1-4,7-9H,5-6H2,(H,22,24). The van der Waals surface area contributed by atoms with E-state index in [4.69, 9.17) is 23.2 Å². The molecule has 0 radical (unpaired) electrons. The number of nitrogens with zero attached hydrogens (tertiary/aromatic N) is 2. The molecule has 0 atom stereocenters. The monoisotopic (exact) mass is 379 g/mol. The van der Waals surface area contributed by atoms with E-state index < -0.39 is 0 Å². The topological polar surface area (TPSA) is 64.0 Å². The quantitative estimate of drug-likeness (QED) is 0.748. The van der Waals surface area contributed by atoms with Crippen LogP contribution in [0.5, 0.6) is 0 Å². The molecule has 3 rings (SSSR count). The summed E-state index contributed by atoms with van der Waals surface area (Å²) in [5.41, 5.74) is 0.515. The molecule has 1 heterocycles. The number of hydrogen-bond acceptors (Lipinski definition) is 3. The van der Waals surface area contributed by atoms with Crippen LogP contribution in [-0.2, 0) is 11.3 Å². The van der Waals surface area contributed by atoms with E-state index in [1.54, 1.807) is 0 Å². The predicted octanol–water partition coefficient (Wildman–Crippen LogP) is 3.87. The van der Waals surface area contributed by atoms with E-state index >= 15 is 0 Å². The zero-order valence-electron chi connectivity index (χ0n) is 12.8. The molecule has 2 aromatic carbocycles. The molecule has 1 aromatic heterocycles. The Morgan fingerprint density at radius 2 is 1.92 bits per heavy atom. The first kappa shape index (κ1) is 17.4. The average molecular weight is 380 g/mol. The summed E-state index contributed by atoms with van der Waals surface area (Å²) in [6.45, 7) is 0.138. The van der Waals surface area contributed by atoms with Crippen LogP contribution in [0, 0.1) is 5.82 Å². The van der Waals surface area contributed by atoms with Crippen molar-refractivity contribution in [3.63, 3.8) is 0 Å². The van der Waals surface area contributed by atoms with Gasteiger partial charge in [0.25, 0.3) is 5.56 Å². The van der Waals surface area contributed by atoms with E-state index in [9.17, 15) is 14.0 Å². The van der Waals surface area contributed by atoms with Gasteiger partial charge >= 0.3 is 0 Å². The molecule has 8 heteroatoms. The first-order valence-corrected chi connectivity index (χ1v) is 8.09. The van der Waals surface area contributed by atoms with Crippen LogP contribution in [0.15, 0.2) is 47.5 Å². The highest BCUT2D eigenvalue weighted by Crippen LogP contribution is 2.23. The van der Waals surface area contributed by atoms with Crippen molar-refractivity contribution in [2.24, 2.45) is 0 Å². The fourth-order valence-electron chi connectivity index (χ4n) is 2.33. The van der Waals surface area contributed by atoms with Crippen molar-refractivity contribution >= 4 is 45.7 Å². The number of hydrogen-bond donors (Lipinski definition) is 1. The Kier molecular flexibility index (Phi) is 5.01. The van der Waals surface area contributed by atoms with Gasteiger partial charge in [0.1, 0.15) is 5.82 Å².